The fourth-order valence-corrected chi connectivity index (χ4v) is 5.24. The van der Waals surface area contributed by atoms with Crippen molar-refractivity contribution >= 4 is 58.7 Å². The number of nitrogens with zero attached hydrogens (tertiary/aromatic N) is 5. The van der Waals surface area contributed by atoms with Gasteiger partial charge in [-0.1, -0.05) is 54.5 Å². The highest BCUT2D eigenvalue weighted by Crippen LogP contribution is 2.34. The summed E-state index contributed by atoms with van der Waals surface area (Å²) in [5.74, 6) is 2.59. The van der Waals surface area contributed by atoms with E-state index in [1.807, 2.05) is 50.2 Å². The van der Waals surface area contributed by atoms with Crippen molar-refractivity contribution in [3.8, 4) is 22.8 Å². The molecule has 3 N–H and O–H groups in total. The van der Waals surface area contributed by atoms with Crippen LogP contribution in [0.2, 0.25) is 0 Å². The van der Waals surface area contributed by atoms with Crippen LogP contribution in [0.1, 0.15) is 72.8 Å². The number of hydrogen-bond acceptors (Lipinski definition) is 12. The minimum Gasteiger partial charge on any atom is -0.457 e. The maximum atomic E-state index is 11.3. The first kappa shape index (κ1) is 44.9. The summed E-state index contributed by atoms with van der Waals surface area (Å²) in [4.78, 5) is 33.1. The molecule has 3 aromatic heterocycles. The van der Waals surface area contributed by atoms with Crippen molar-refractivity contribution in [3.05, 3.63) is 101 Å². The largest absolute Gasteiger partial charge is 0.457 e. The number of fused-ring (bicyclic) bond motifs is 2. The zero-order valence-corrected chi connectivity index (χ0v) is 32.8. The molecule has 0 unspecified atom stereocenters. The number of amides is 1. The van der Waals surface area contributed by atoms with Gasteiger partial charge in [0.1, 0.15) is 0 Å². The number of aromatic nitrogens is 5. The van der Waals surface area contributed by atoms with Gasteiger partial charge in [-0.2, -0.15) is 9.97 Å². The van der Waals surface area contributed by atoms with E-state index >= 15 is 0 Å². The van der Waals surface area contributed by atoms with E-state index in [0.717, 1.165) is 55.2 Å². The van der Waals surface area contributed by atoms with E-state index in [2.05, 4.69) is 69.9 Å². The number of aryl methyl sites for hydroxylation is 4. The summed E-state index contributed by atoms with van der Waals surface area (Å²) in [5.41, 5.74) is 12.1. The molecule has 53 heavy (non-hydrogen) atoms. The van der Waals surface area contributed by atoms with Crippen molar-refractivity contribution in [1.82, 2.24) is 30.6 Å². The lowest BCUT2D eigenvalue weighted by Crippen LogP contribution is -2.26. The summed E-state index contributed by atoms with van der Waals surface area (Å²) in [6.07, 6.45) is 8.46. The normalized spacial score (nSPS) is 14.3. The number of carbonyl (C=O) groups excluding carboxylic acids is 2. The molecule has 3 heterocycles. The lowest BCUT2D eigenvalue weighted by atomic mass is 10.0. The number of alkyl halides is 2. The number of hydrogen-bond donors (Lipinski definition) is 2. The number of methoxy groups -OCH3 is 2. The Morgan fingerprint density at radius 3 is 1.74 bits per heavy atom. The minimum absolute atomic E-state index is 0. The predicted octanol–water partition coefficient (Wildman–Crippen LogP) is 8.80. The molecule has 0 spiro atoms. The third-order valence-electron chi connectivity index (χ3n) is 7.75. The van der Waals surface area contributed by atoms with Crippen LogP contribution in [0.4, 0.5) is 9.59 Å². The van der Waals surface area contributed by atoms with Crippen LogP contribution in [-0.2, 0) is 35.2 Å². The summed E-state index contributed by atoms with van der Waals surface area (Å²) in [7, 11) is 2.59. The average molecular weight is 812 g/mol. The first-order chi connectivity index (χ1) is 25.2. The molecule has 0 bridgehead atoms. The van der Waals surface area contributed by atoms with Gasteiger partial charge in [0, 0.05) is 54.0 Å². The van der Waals surface area contributed by atoms with Crippen molar-refractivity contribution in [2.45, 2.75) is 64.5 Å². The van der Waals surface area contributed by atoms with Crippen molar-refractivity contribution in [2.24, 2.45) is 5.73 Å². The summed E-state index contributed by atoms with van der Waals surface area (Å²) in [6.45, 7) is 3.97. The number of alkyl carbamates (subject to hydrolysis) is 1. The van der Waals surface area contributed by atoms with Crippen molar-refractivity contribution in [1.29, 1.82) is 0 Å². The second kappa shape index (κ2) is 24.1. The third-order valence-corrected chi connectivity index (χ3v) is 7.90. The average Bonchev–Trinajstić information content (AvgIpc) is 4.00. The number of benzene rings is 2. The molecular weight excluding hydrogens is 768 g/mol. The minimum atomic E-state index is -0.773. The molecule has 17 heteroatoms. The van der Waals surface area contributed by atoms with Gasteiger partial charge in [-0.3, -0.25) is 4.98 Å². The Morgan fingerprint density at radius 2 is 1.32 bits per heavy atom. The summed E-state index contributed by atoms with van der Waals surface area (Å²) in [6, 6.07) is 18.2. The standard InChI is InChI=1S/C15H17N3O3.C13H15N3O.C5H5N.C2H3ClO2.CH2Cl2.ClH/c1-3-13-17-14(18-21-13)10-4-6-11-9(8-10)5-7-12(11)16-15(19)20-2;1-2-12-15-13(16-17-12)9-3-5-10-8(7-9)4-6-11(10)14;1-2-4-6-5-3-1;1-5-2(3)4;2-1-3;/h4,6,8,12H,3,5,7H2,1-2H3,(H,16,19);3,5,7,11H,2,4,6,14H2,1H3;1-5H;1H3;1H2;1H/t12-;11-;;;;/m11..../s1. The first-order valence-corrected chi connectivity index (χ1v) is 17.8. The zero-order valence-electron chi connectivity index (χ0n) is 29.8. The number of nitrogens with one attached hydrogen (secondary N) is 1. The van der Waals surface area contributed by atoms with Crippen LogP contribution in [0.3, 0.4) is 0 Å². The number of halogens is 4. The highest BCUT2D eigenvalue weighted by Gasteiger charge is 2.25. The van der Waals surface area contributed by atoms with E-state index in [0.29, 0.717) is 23.4 Å². The van der Waals surface area contributed by atoms with E-state index in [1.165, 1.54) is 30.9 Å². The molecule has 2 aliphatic carbocycles. The van der Waals surface area contributed by atoms with Crippen LogP contribution in [0.5, 0.6) is 0 Å². The summed E-state index contributed by atoms with van der Waals surface area (Å²) >= 11 is 14.1. The summed E-state index contributed by atoms with van der Waals surface area (Å²) < 4.78 is 18.8. The van der Waals surface area contributed by atoms with Crippen molar-refractivity contribution < 1.29 is 28.1 Å². The maximum Gasteiger partial charge on any atom is 0.407 e. The van der Waals surface area contributed by atoms with E-state index in [4.69, 9.17) is 38.0 Å². The molecule has 0 fully saturated rings. The number of nitrogens with two attached hydrogens (primary N) is 1. The van der Waals surface area contributed by atoms with Gasteiger partial charge < -0.3 is 29.6 Å². The number of carbonyl (C=O) groups is 2. The lowest BCUT2D eigenvalue weighted by Gasteiger charge is -2.13. The van der Waals surface area contributed by atoms with Gasteiger partial charge in [-0.15, -0.1) is 35.6 Å². The maximum absolute atomic E-state index is 11.3. The predicted molar refractivity (Wildman–Crippen MR) is 206 cm³/mol. The smallest absolute Gasteiger partial charge is 0.407 e. The SMILES string of the molecule is CCc1nc(-c2ccc3c(c2)CC[C@H]3N)no1.CCc1nc(-c2ccc3c(c2)CC[C@H]3NC(=O)OC)no1.COC(=O)Cl.Cl.ClCCl.c1ccncc1. The molecule has 2 aliphatic rings. The van der Waals surface area contributed by atoms with Gasteiger partial charge >= 0.3 is 11.5 Å². The van der Waals surface area contributed by atoms with E-state index in [1.54, 1.807) is 12.4 Å². The van der Waals surface area contributed by atoms with Gasteiger partial charge in [0.2, 0.25) is 23.4 Å². The Hall–Kier alpha value is -4.27. The number of ether oxygens (including phenoxy) is 2. The highest BCUT2D eigenvalue weighted by atomic mass is 35.5. The number of rotatable bonds is 5. The lowest BCUT2D eigenvalue weighted by molar-refractivity contribution is 0.166. The fourth-order valence-electron chi connectivity index (χ4n) is 5.24. The molecule has 2 aromatic carbocycles. The molecule has 286 valence electrons. The molecule has 0 saturated heterocycles. The van der Waals surface area contributed by atoms with Crippen LogP contribution in [0.25, 0.3) is 22.8 Å². The van der Waals surface area contributed by atoms with Gasteiger partial charge in [0.15, 0.2) is 0 Å². The van der Waals surface area contributed by atoms with Gasteiger partial charge in [-0.05, 0) is 72.2 Å². The van der Waals surface area contributed by atoms with Gasteiger partial charge in [0.05, 0.1) is 25.6 Å². The van der Waals surface area contributed by atoms with Crippen LogP contribution in [0.15, 0.2) is 76.0 Å². The quantitative estimate of drug-likeness (QED) is 0.127. The molecule has 0 saturated carbocycles. The highest BCUT2D eigenvalue weighted by molar-refractivity contribution is 6.61. The molecule has 7 rings (SSSR count). The molecule has 0 aliphatic heterocycles. The first-order valence-electron chi connectivity index (χ1n) is 16.4. The van der Waals surface area contributed by atoms with Crippen LogP contribution in [-0.4, -0.2) is 56.3 Å². The Balaban J connectivity index is 0.000000270. The molecule has 1 amide bonds. The van der Waals surface area contributed by atoms with Crippen LogP contribution >= 0.6 is 47.2 Å². The Labute approximate surface area is 329 Å². The van der Waals surface area contributed by atoms with Crippen LogP contribution in [0, 0.1) is 0 Å². The zero-order chi connectivity index (χ0) is 37.9. The Morgan fingerprint density at radius 1 is 0.830 bits per heavy atom. The van der Waals surface area contributed by atoms with E-state index < -0.39 is 11.5 Å². The topological polar surface area (TPSA) is 181 Å². The summed E-state index contributed by atoms with van der Waals surface area (Å²) in [5, 5.41) is 11.0. The van der Waals surface area contributed by atoms with Crippen LogP contribution < -0.4 is 11.1 Å². The number of pyridine rings is 1. The van der Waals surface area contributed by atoms with E-state index in [9.17, 15) is 9.59 Å². The van der Waals surface area contributed by atoms with Gasteiger partial charge in [-0.25, -0.2) is 9.59 Å². The van der Waals surface area contributed by atoms with Crippen molar-refractivity contribution in [2.75, 3.05) is 19.6 Å². The van der Waals surface area contributed by atoms with E-state index in [-0.39, 0.29) is 29.8 Å². The third kappa shape index (κ3) is 14.2. The second-order valence-corrected chi connectivity index (χ2v) is 12.1. The monoisotopic (exact) mass is 809 g/mol. The second-order valence-electron chi connectivity index (χ2n) is 11.0. The van der Waals surface area contributed by atoms with Gasteiger partial charge in [0.25, 0.3) is 0 Å². The Bertz CT molecular complexity index is 1800. The molecular formula is C36H43Cl4N7O6. The Kier molecular flexibility index (Phi) is 20.4. The molecule has 5 aromatic rings. The molecule has 13 nitrogen and oxygen atoms in total. The fraction of sp³-hybridized carbons (Fsp3) is 0.361. The van der Waals surface area contributed by atoms with Crippen molar-refractivity contribution in [3.63, 3.8) is 0 Å². The molecule has 2 atom stereocenters. The molecule has 0 radical (unpaired) electrons.